The lowest BCUT2D eigenvalue weighted by Gasteiger charge is -2.30. The van der Waals surface area contributed by atoms with Gasteiger partial charge >= 0.3 is 0 Å². The van der Waals surface area contributed by atoms with Gasteiger partial charge in [0, 0.05) is 28.7 Å². The molecule has 4 aromatic rings. The van der Waals surface area contributed by atoms with Crippen molar-refractivity contribution in [2.24, 2.45) is 0 Å². The number of rotatable bonds is 14. The van der Waals surface area contributed by atoms with Gasteiger partial charge in [0.2, 0.25) is 0 Å². The number of hydrogen-bond acceptors (Lipinski definition) is 7. The molecule has 11 heteroatoms. The normalized spacial score (nSPS) is 16.6. The van der Waals surface area contributed by atoms with Crippen LogP contribution in [0.1, 0.15) is 72.0 Å². The number of Topliss-reactive ketones (excluding diaryl/α,β-unsaturated/α-hetero) is 2. The van der Waals surface area contributed by atoms with Crippen molar-refractivity contribution in [3.05, 3.63) is 112 Å². The van der Waals surface area contributed by atoms with Gasteiger partial charge in [-0.15, -0.1) is 0 Å². The van der Waals surface area contributed by atoms with Crippen LogP contribution in [0.25, 0.3) is 11.3 Å². The van der Waals surface area contributed by atoms with Crippen LogP contribution in [-0.4, -0.2) is 47.3 Å². The molecule has 3 aromatic carbocycles. The van der Waals surface area contributed by atoms with Crippen molar-refractivity contribution in [1.82, 2.24) is 10.3 Å². The van der Waals surface area contributed by atoms with Crippen LogP contribution >= 0.6 is 11.6 Å². The van der Waals surface area contributed by atoms with Gasteiger partial charge in [0.05, 0.1) is 36.5 Å². The molecule has 252 valence electrons. The number of carbonyl (C=O) groups is 2. The SMILES string of the molecule is COc1cc(C(=O)CCC(C)(O)c2cc(C(C)(C)NCC(=O)c3ccccc3)cc(-c3ccc(F)c(Cl)c3)n2)ccc1OC1CC1(F)F. The molecule has 0 spiro atoms. The van der Waals surface area contributed by atoms with Crippen molar-refractivity contribution in [2.45, 2.75) is 63.2 Å². The first-order valence-corrected chi connectivity index (χ1v) is 15.8. The van der Waals surface area contributed by atoms with E-state index >= 15 is 0 Å². The van der Waals surface area contributed by atoms with E-state index in [-0.39, 0.29) is 65.2 Å². The summed E-state index contributed by atoms with van der Waals surface area (Å²) in [6, 6.07) is 20.9. The number of alkyl halides is 2. The number of ether oxygens (including phenoxy) is 2. The third kappa shape index (κ3) is 8.06. The van der Waals surface area contributed by atoms with Gasteiger partial charge in [-0.1, -0.05) is 41.9 Å². The van der Waals surface area contributed by atoms with Crippen LogP contribution in [0.4, 0.5) is 13.2 Å². The fourth-order valence-corrected chi connectivity index (χ4v) is 5.32. The number of aromatic nitrogens is 1. The highest BCUT2D eigenvalue weighted by Crippen LogP contribution is 2.46. The lowest BCUT2D eigenvalue weighted by atomic mass is 9.87. The van der Waals surface area contributed by atoms with E-state index in [0.717, 1.165) is 0 Å². The molecule has 2 unspecified atom stereocenters. The highest BCUT2D eigenvalue weighted by molar-refractivity contribution is 6.31. The Hall–Kier alpha value is -4.25. The molecule has 7 nitrogen and oxygen atoms in total. The van der Waals surface area contributed by atoms with E-state index in [1.165, 1.54) is 43.5 Å². The van der Waals surface area contributed by atoms with Crippen LogP contribution < -0.4 is 14.8 Å². The van der Waals surface area contributed by atoms with Gasteiger partial charge in [0.1, 0.15) is 11.4 Å². The van der Waals surface area contributed by atoms with Crippen LogP contribution in [0.15, 0.2) is 78.9 Å². The molecule has 0 aliphatic heterocycles. The molecule has 0 amide bonds. The largest absolute Gasteiger partial charge is 0.493 e. The maximum Gasteiger partial charge on any atom is 0.288 e. The molecule has 0 radical (unpaired) electrons. The molecule has 0 bridgehead atoms. The molecule has 1 saturated carbocycles. The number of pyridine rings is 1. The predicted octanol–water partition coefficient (Wildman–Crippen LogP) is 7.91. The van der Waals surface area contributed by atoms with Crippen molar-refractivity contribution in [3.8, 4) is 22.8 Å². The van der Waals surface area contributed by atoms with Gasteiger partial charge in [0.25, 0.3) is 5.92 Å². The summed E-state index contributed by atoms with van der Waals surface area (Å²) >= 11 is 6.09. The van der Waals surface area contributed by atoms with Crippen molar-refractivity contribution in [2.75, 3.05) is 13.7 Å². The van der Waals surface area contributed by atoms with Crippen molar-refractivity contribution < 1.29 is 37.3 Å². The molecule has 48 heavy (non-hydrogen) atoms. The number of halogens is 4. The van der Waals surface area contributed by atoms with Gasteiger partial charge < -0.3 is 19.9 Å². The fourth-order valence-electron chi connectivity index (χ4n) is 5.14. The second-order valence-corrected chi connectivity index (χ2v) is 13.1. The number of methoxy groups -OCH3 is 1. The summed E-state index contributed by atoms with van der Waals surface area (Å²) in [5, 5.41) is 14.9. The van der Waals surface area contributed by atoms with Crippen molar-refractivity contribution in [3.63, 3.8) is 0 Å². The summed E-state index contributed by atoms with van der Waals surface area (Å²) in [5.41, 5.74) is 0.260. The summed E-state index contributed by atoms with van der Waals surface area (Å²) in [6.07, 6.45) is -1.72. The maximum absolute atomic E-state index is 14.0. The van der Waals surface area contributed by atoms with Gasteiger partial charge in [0.15, 0.2) is 29.2 Å². The Kier molecular flexibility index (Phi) is 10.0. The van der Waals surface area contributed by atoms with E-state index < -0.39 is 29.0 Å². The molecular formula is C37H36ClF3N2O5. The van der Waals surface area contributed by atoms with Crippen LogP contribution in [0.3, 0.4) is 0 Å². The molecule has 1 aliphatic rings. The van der Waals surface area contributed by atoms with E-state index in [1.807, 2.05) is 19.9 Å². The highest BCUT2D eigenvalue weighted by atomic mass is 35.5. The fraction of sp³-hybridized carbons (Fsp3) is 0.324. The van der Waals surface area contributed by atoms with E-state index in [1.54, 1.807) is 43.3 Å². The molecule has 2 N–H and O–H groups in total. The Morgan fingerprint density at radius 2 is 1.69 bits per heavy atom. The molecular weight excluding hydrogens is 645 g/mol. The number of aliphatic hydroxyl groups is 1. The van der Waals surface area contributed by atoms with Crippen LogP contribution in [-0.2, 0) is 11.1 Å². The number of carbonyl (C=O) groups excluding carboxylic acids is 2. The van der Waals surface area contributed by atoms with E-state index in [4.69, 9.17) is 26.1 Å². The topological polar surface area (TPSA) is 97.8 Å². The first-order valence-electron chi connectivity index (χ1n) is 15.4. The molecule has 1 fully saturated rings. The zero-order valence-corrected chi connectivity index (χ0v) is 27.7. The molecule has 1 heterocycles. The zero-order chi connectivity index (χ0) is 34.9. The van der Waals surface area contributed by atoms with Gasteiger partial charge in [-0.3, -0.25) is 9.59 Å². The summed E-state index contributed by atoms with van der Waals surface area (Å²) in [5.74, 6) is -3.64. The Morgan fingerprint density at radius 1 is 0.979 bits per heavy atom. The maximum atomic E-state index is 14.0. The van der Waals surface area contributed by atoms with E-state index in [0.29, 0.717) is 22.4 Å². The quantitative estimate of drug-likeness (QED) is 0.131. The number of ketones is 2. The van der Waals surface area contributed by atoms with Crippen LogP contribution in [0.2, 0.25) is 5.02 Å². The summed E-state index contributed by atoms with van der Waals surface area (Å²) in [7, 11) is 1.35. The number of nitrogens with one attached hydrogen (secondary N) is 1. The number of nitrogens with zero attached hydrogens (tertiary/aromatic N) is 1. The average Bonchev–Trinajstić information content (AvgIpc) is 3.68. The second-order valence-electron chi connectivity index (χ2n) is 12.7. The monoisotopic (exact) mass is 680 g/mol. The number of hydrogen-bond donors (Lipinski definition) is 2. The first-order chi connectivity index (χ1) is 22.6. The minimum atomic E-state index is -2.88. The Labute approximate surface area is 282 Å². The molecule has 2 atom stereocenters. The lowest BCUT2D eigenvalue weighted by Crippen LogP contribution is -2.40. The number of benzene rings is 3. The van der Waals surface area contributed by atoms with Gasteiger partial charge in [-0.2, -0.15) is 0 Å². The van der Waals surface area contributed by atoms with Crippen LogP contribution in [0, 0.1) is 5.82 Å². The standard InChI is InChI=1S/C37H36ClF3N2O5/c1-35(2,42-21-30(45)22-8-6-5-7-9-22)25-18-28(23-10-12-27(39)26(38)16-23)43-33(19-25)36(3,46)15-14-29(44)24-11-13-31(32(17-24)47-4)48-34-20-37(34,40)41/h5-13,16-19,34,42,46H,14-15,20-21H2,1-4H3. The third-order valence-corrected chi connectivity index (χ3v) is 8.75. The van der Waals surface area contributed by atoms with Crippen molar-refractivity contribution in [1.29, 1.82) is 0 Å². The summed E-state index contributed by atoms with van der Waals surface area (Å²) in [4.78, 5) is 30.8. The molecule has 5 rings (SSSR count). The minimum absolute atomic E-state index is 0.0267. The second kappa shape index (κ2) is 13.7. The van der Waals surface area contributed by atoms with Gasteiger partial charge in [-0.25, -0.2) is 18.2 Å². The zero-order valence-electron chi connectivity index (χ0n) is 27.0. The Balaban J connectivity index is 1.39. The van der Waals surface area contributed by atoms with Crippen LogP contribution in [0.5, 0.6) is 11.5 Å². The summed E-state index contributed by atoms with van der Waals surface area (Å²) in [6.45, 7) is 5.35. The highest BCUT2D eigenvalue weighted by Gasteiger charge is 2.60. The molecule has 1 aliphatic carbocycles. The van der Waals surface area contributed by atoms with Crippen molar-refractivity contribution >= 4 is 23.2 Å². The van der Waals surface area contributed by atoms with E-state index in [2.05, 4.69) is 5.32 Å². The van der Waals surface area contributed by atoms with E-state index in [9.17, 15) is 27.9 Å². The summed E-state index contributed by atoms with van der Waals surface area (Å²) < 4.78 is 51.4. The average molecular weight is 681 g/mol. The third-order valence-electron chi connectivity index (χ3n) is 8.46. The minimum Gasteiger partial charge on any atom is -0.493 e. The predicted molar refractivity (Wildman–Crippen MR) is 177 cm³/mol. The Morgan fingerprint density at radius 3 is 2.33 bits per heavy atom. The van der Waals surface area contributed by atoms with Gasteiger partial charge in [-0.05, 0) is 81.3 Å². The molecule has 0 saturated heterocycles. The Bertz CT molecular complexity index is 1830. The first kappa shape index (κ1) is 35.1. The molecule has 1 aromatic heterocycles. The lowest BCUT2D eigenvalue weighted by molar-refractivity contribution is 0.0396. The smallest absolute Gasteiger partial charge is 0.288 e.